The second-order valence-electron chi connectivity index (χ2n) is 5.81. The van der Waals surface area contributed by atoms with Crippen molar-refractivity contribution in [2.24, 2.45) is 0 Å². The van der Waals surface area contributed by atoms with E-state index in [0.717, 1.165) is 4.88 Å². The molecule has 0 unspecified atom stereocenters. The molecule has 142 valence electrons. The van der Waals surface area contributed by atoms with Crippen LogP contribution >= 0.6 is 22.7 Å². The molecule has 8 heteroatoms. The Kier molecular flexibility index (Phi) is 5.41. The quantitative estimate of drug-likeness (QED) is 0.606. The van der Waals surface area contributed by atoms with Gasteiger partial charge in [0.2, 0.25) is 5.91 Å². The highest BCUT2D eigenvalue weighted by atomic mass is 32.1. The van der Waals surface area contributed by atoms with Crippen LogP contribution in [0.25, 0.3) is 6.08 Å². The molecule has 0 bridgehead atoms. The molecule has 2 N–H and O–H groups in total. The van der Waals surface area contributed by atoms with Gasteiger partial charge in [0.05, 0.1) is 16.3 Å². The summed E-state index contributed by atoms with van der Waals surface area (Å²) in [6.07, 6.45) is 3.19. The summed E-state index contributed by atoms with van der Waals surface area (Å²) in [4.78, 5) is 26.4. The van der Waals surface area contributed by atoms with Crippen molar-refractivity contribution in [2.75, 3.05) is 23.8 Å². The predicted octanol–water partition coefficient (Wildman–Crippen LogP) is 4.49. The maximum Gasteiger partial charge on any atom is 0.265 e. The van der Waals surface area contributed by atoms with E-state index in [0.29, 0.717) is 41.0 Å². The summed E-state index contributed by atoms with van der Waals surface area (Å²) < 4.78 is 11.2. The van der Waals surface area contributed by atoms with E-state index in [1.807, 2.05) is 22.9 Å². The second-order valence-corrected chi connectivity index (χ2v) is 7.74. The summed E-state index contributed by atoms with van der Waals surface area (Å²) in [7, 11) is 0. The van der Waals surface area contributed by atoms with Gasteiger partial charge in [0.1, 0.15) is 13.2 Å². The van der Waals surface area contributed by atoms with Gasteiger partial charge in [0.25, 0.3) is 5.91 Å². The van der Waals surface area contributed by atoms with Crippen molar-refractivity contribution in [1.82, 2.24) is 0 Å². The summed E-state index contributed by atoms with van der Waals surface area (Å²) in [6, 6.07) is 10.7. The normalized spacial score (nSPS) is 12.7. The molecule has 1 aromatic carbocycles. The number of nitrogens with one attached hydrogen (secondary N) is 2. The minimum absolute atomic E-state index is 0.253. The molecule has 3 heterocycles. The largest absolute Gasteiger partial charge is 0.486 e. The number of carbonyl (C=O) groups excluding carboxylic acids is 2. The zero-order valence-corrected chi connectivity index (χ0v) is 16.3. The van der Waals surface area contributed by atoms with Gasteiger partial charge in [-0.05, 0) is 29.0 Å². The lowest BCUT2D eigenvalue weighted by molar-refractivity contribution is -0.111. The van der Waals surface area contributed by atoms with Gasteiger partial charge in [-0.25, -0.2) is 0 Å². The lowest BCUT2D eigenvalue weighted by atomic mass is 10.2. The van der Waals surface area contributed by atoms with E-state index in [-0.39, 0.29) is 11.8 Å². The van der Waals surface area contributed by atoms with Crippen molar-refractivity contribution in [3.05, 3.63) is 63.0 Å². The number of amides is 2. The number of fused-ring (bicyclic) bond motifs is 1. The van der Waals surface area contributed by atoms with Crippen LogP contribution < -0.4 is 20.1 Å². The van der Waals surface area contributed by atoms with Gasteiger partial charge in [0, 0.05) is 23.1 Å². The molecule has 0 atom stereocenters. The summed E-state index contributed by atoms with van der Waals surface area (Å²) in [5, 5.41) is 9.41. The molecule has 0 spiro atoms. The summed E-state index contributed by atoms with van der Waals surface area (Å²) in [5.74, 6) is 0.491. The van der Waals surface area contributed by atoms with Gasteiger partial charge >= 0.3 is 0 Å². The average molecular weight is 412 g/mol. The van der Waals surface area contributed by atoms with Crippen LogP contribution in [0, 0.1) is 0 Å². The number of hydrogen-bond donors (Lipinski definition) is 2. The molecule has 0 radical (unpaired) electrons. The van der Waals surface area contributed by atoms with E-state index in [9.17, 15) is 9.59 Å². The van der Waals surface area contributed by atoms with Crippen LogP contribution in [0.3, 0.4) is 0 Å². The Bertz CT molecular complexity index is 1010. The number of hydrogen-bond acceptors (Lipinski definition) is 6. The van der Waals surface area contributed by atoms with Gasteiger partial charge in [-0.1, -0.05) is 12.1 Å². The second kappa shape index (κ2) is 8.28. The van der Waals surface area contributed by atoms with E-state index in [2.05, 4.69) is 10.6 Å². The highest BCUT2D eigenvalue weighted by molar-refractivity contribution is 7.12. The molecule has 2 amide bonds. The molecule has 1 aliphatic rings. The fraction of sp³-hybridized carbons (Fsp3) is 0.100. The van der Waals surface area contributed by atoms with E-state index in [1.165, 1.54) is 17.4 Å². The van der Waals surface area contributed by atoms with Crippen LogP contribution in [0.2, 0.25) is 0 Å². The Labute approximate surface area is 169 Å². The van der Waals surface area contributed by atoms with Crippen molar-refractivity contribution >= 4 is 51.9 Å². The third-order valence-corrected chi connectivity index (χ3v) is 5.58. The van der Waals surface area contributed by atoms with E-state index >= 15 is 0 Å². The SMILES string of the molecule is O=C(C=Cc1cccs1)Nc1cc2c(cc1NC(=O)c1cccs1)OCCO2. The topological polar surface area (TPSA) is 76.7 Å². The Balaban J connectivity index is 1.58. The molecule has 0 saturated heterocycles. The van der Waals surface area contributed by atoms with Gasteiger partial charge in [-0.15, -0.1) is 22.7 Å². The zero-order chi connectivity index (χ0) is 19.3. The van der Waals surface area contributed by atoms with Crippen molar-refractivity contribution in [3.63, 3.8) is 0 Å². The number of anilines is 2. The highest BCUT2D eigenvalue weighted by Gasteiger charge is 2.19. The Morgan fingerprint density at radius 2 is 1.61 bits per heavy atom. The molecule has 1 aliphatic heterocycles. The lowest BCUT2D eigenvalue weighted by Crippen LogP contribution is -2.18. The van der Waals surface area contributed by atoms with E-state index in [1.54, 1.807) is 41.7 Å². The van der Waals surface area contributed by atoms with Crippen LogP contribution in [-0.4, -0.2) is 25.0 Å². The van der Waals surface area contributed by atoms with Gasteiger partial charge < -0.3 is 20.1 Å². The molecular formula is C20H16N2O4S2. The van der Waals surface area contributed by atoms with Gasteiger partial charge in [-0.3, -0.25) is 9.59 Å². The van der Waals surface area contributed by atoms with E-state index < -0.39 is 0 Å². The first-order valence-electron chi connectivity index (χ1n) is 8.50. The van der Waals surface area contributed by atoms with Crippen molar-refractivity contribution in [2.45, 2.75) is 0 Å². The predicted molar refractivity (Wildman–Crippen MR) is 112 cm³/mol. The fourth-order valence-electron chi connectivity index (χ4n) is 2.61. The molecule has 4 rings (SSSR count). The Morgan fingerprint density at radius 1 is 0.929 bits per heavy atom. The smallest absolute Gasteiger partial charge is 0.265 e. The minimum atomic E-state index is -0.309. The molecule has 0 aliphatic carbocycles. The molecule has 28 heavy (non-hydrogen) atoms. The standard InChI is InChI=1S/C20H16N2O4S2/c23-19(6-5-13-3-1-9-27-13)21-14-11-16-17(26-8-7-25-16)12-15(14)22-20(24)18-4-2-10-28-18/h1-6,9-12H,7-8H2,(H,21,23)(H,22,24). The number of thiophene rings is 2. The average Bonchev–Trinajstić information content (AvgIpc) is 3.41. The Morgan fingerprint density at radius 3 is 2.25 bits per heavy atom. The van der Waals surface area contributed by atoms with Gasteiger partial charge in [0.15, 0.2) is 11.5 Å². The van der Waals surface area contributed by atoms with Crippen molar-refractivity contribution in [3.8, 4) is 11.5 Å². The van der Waals surface area contributed by atoms with E-state index in [4.69, 9.17) is 9.47 Å². The van der Waals surface area contributed by atoms with Crippen LogP contribution in [0.4, 0.5) is 11.4 Å². The minimum Gasteiger partial charge on any atom is -0.486 e. The summed E-state index contributed by atoms with van der Waals surface area (Å²) in [5.41, 5.74) is 0.885. The number of rotatable bonds is 5. The fourth-order valence-corrected chi connectivity index (χ4v) is 3.84. The molecular weight excluding hydrogens is 396 g/mol. The third-order valence-electron chi connectivity index (χ3n) is 3.88. The Hall–Kier alpha value is -3.10. The first-order valence-corrected chi connectivity index (χ1v) is 10.3. The first-order chi connectivity index (χ1) is 13.7. The first kappa shape index (κ1) is 18.3. The molecule has 3 aromatic rings. The number of ether oxygens (including phenoxy) is 2. The van der Waals surface area contributed by atoms with Crippen molar-refractivity contribution < 1.29 is 19.1 Å². The summed E-state index contributed by atoms with van der Waals surface area (Å²) in [6.45, 7) is 0.861. The zero-order valence-electron chi connectivity index (χ0n) is 14.6. The molecule has 0 saturated carbocycles. The van der Waals surface area contributed by atoms with Crippen LogP contribution in [0.1, 0.15) is 14.5 Å². The van der Waals surface area contributed by atoms with Crippen LogP contribution in [-0.2, 0) is 4.79 Å². The lowest BCUT2D eigenvalue weighted by Gasteiger charge is -2.21. The highest BCUT2D eigenvalue weighted by Crippen LogP contribution is 2.38. The molecule has 2 aromatic heterocycles. The molecule has 6 nitrogen and oxygen atoms in total. The maximum absolute atomic E-state index is 12.5. The summed E-state index contributed by atoms with van der Waals surface area (Å²) >= 11 is 2.88. The van der Waals surface area contributed by atoms with Gasteiger partial charge in [-0.2, -0.15) is 0 Å². The maximum atomic E-state index is 12.5. The monoisotopic (exact) mass is 412 g/mol. The van der Waals surface area contributed by atoms with Crippen LogP contribution in [0.15, 0.2) is 53.2 Å². The number of carbonyl (C=O) groups is 2. The molecule has 0 fully saturated rings. The number of benzene rings is 1. The van der Waals surface area contributed by atoms with Crippen molar-refractivity contribution in [1.29, 1.82) is 0 Å². The third kappa shape index (κ3) is 4.24. The van der Waals surface area contributed by atoms with Crippen LogP contribution in [0.5, 0.6) is 11.5 Å².